The number of hydrogen-bond donors (Lipinski definition) is 0. The Morgan fingerprint density at radius 3 is 2.00 bits per heavy atom. The molecule has 0 aromatic heterocycles. The largest absolute Gasteiger partial charge is 1.00 e. The summed E-state index contributed by atoms with van der Waals surface area (Å²) in [5.74, 6) is 0. The molecule has 0 aliphatic rings. The zero-order valence-electron chi connectivity index (χ0n) is 10.6. The Hall–Kier alpha value is 0.245. The van der Waals surface area contributed by atoms with E-state index < -0.39 is 0 Å². The number of rotatable bonds is 1. The fraction of sp³-hybridized carbons (Fsp3) is 0.200. The van der Waals surface area contributed by atoms with Gasteiger partial charge in [0.15, 0.2) is 0 Å². The van der Waals surface area contributed by atoms with E-state index in [0.29, 0.717) is 0 Å². The average Bonchev–Trinajstić information content (AvgIpc) is 2.33. The first-order valence-electron chi connectivity index (χ1n) is 5.40. The molecule has 0 aliphatic carbocycles. The van der Waals surface area contributed by atoms with Crippen LogP contribution < -0.4 is 58.2 Å². The maximum Gasteiger partial charge on any atom is 1.00 e. The van der Waals surface area contributed by atoms with Crippen LogP contribution in [0.25, 0.3) is 11.1 Å². The minimum absolute atomic E-state index is 0. The molecule has 16 heavy (non-hydrogen) atoms. The van der Waals surface area contributed by atoms with Gasteiger partial charge in [-0.2, -0.15) is 0 Å². The number of hydrogen-bond acceptors (Lipinski definition) is 0. The fourth-order valence-electron chi connectivity index (χ4n) is 1.37. The SMILES string of the molecule is CC.Cc1[c-]c(-c2ccccc2)ccc1.[Rb+]. The molecule has 0 aliphatic heterocycles. The van der Waals surface area contributed by atoms with Crippen LogP contribution in [0, 0.1) is 13.0 Å². The Balaban J connectivity index is 0.000000711. The van der Waals surface area contributed by atoms with Crippen molar-refractivity contribution < 1.29 is 58.2 Å². The summed E-state index contributed by atoms with van der Waals surface area (Å²) in [7, 11) is 0. The smallest absolute Gasteiger partial charge is 0.145 e. The Labute approximate surface area is 148 Å². The first-order valence-corrected chi connectivity index (χ1v) is 5.40. The normalized spacial score (nSPS) is 8.44. The van der Waals surface area contributed by atoms with Crippen LogP contribution in [0.15, 0.2) is 48.5 Å². The van der Waals surface area contributed by atoms with E-state index in [-0.39, 0.29) is 58.2 Å². The standard InChI is InChI=1S/C13H11.C2H6.Rb/c1-11-6-5-9-13(10-11)12-7-3-2-4-8-12;1-2;/h2-9H,1H3;1-2H3;/q-1;;+1. The quantitative estimate of drug-likeness (QED) is 0.696. The minimum atomic E-state index is 0. The molecule has 0 radical (unpaired) electrons. The topological polar surface area (TPSA) is 0 Å². The van der Waals surface area contributed by atoms with Gasteiger partial charge in [0.05, 0.1) is 0 Å². The molecule has 0 unspecified atom stereocenters. The number of benzene rings is 2. The van der Waals surface area contributed by atoms with Crippen molar-refractivity contribution in [1.29, 1.82) is 0 Å². The second-order valence-corrected chi connectivity index (χ2v) is 3.11. The molecule has 2 aromatic carbocycles. The summed E-state index contributed by atoms with van der Waals surface area (Å²) in [5.41, 5.74) is 3.58. The third-order valence-corrected chi connectivity index (χ3v) is 2.03. The van der Waals surface area contributed by atoms with E-state index >= 15 is 0 Å². The first kappa shape index (κ1) is 16.2. The monoisotopic (exact) mass is 282 g/mol. The molecule has 0 saturated heterocycles. The maximum atomic E-state index is 3.32. The van der Waals surface area contributed by atoms with E-state index in [1.165, 1.54) is 16.7 Å². The third-order valence-electron chi connectivity index (χ3n) is 2.03. The van der Waals surface area contributed by atoms with Gasteiger partial charge in [-0.1, -0.05) is 56.7 Å². The van der Waals surface area contributed by atoms with E-state index in [4.69, 9.17) is 0 Å². The Morgan fingerprint density at radius 1 is 0.812 bits per heavy atom. The van der Waals surface area contributed by atoms with Gasteiger partial charge in [0.2, 0.25) is 0 Å². The van der Waals surface area contributed by atoms with Crippen molar-refractivity contribution in [2.24, 2.45) is 0 Å². The van der Waals surface area contributed by atoms with Gasteiger partial charge < -0.3 is 0 Å². The predicted molar refractivity (Wildman–Crippen MR) is 66.8 cm³/mol. The van der Waals surface area contributed by atoms with Crippen molar-refractivity contribution in [3.63, 3.8) is 0 Å². The minimum Gasteiger partial charge on any atom is -0.145 e. The van der Waals surface area contributed by atoms with Gasteiger partial charge in [-0.25, -0.2) is 0 Å². The molecule has 0 fully saturated rings. The van der Waals surface area contributed by atoms with Crippen molar-refractivity contribution in [2.45, 2.75) is 20.8 Å². The summed E-state index contributed by atoms with van der Waals surface area (Å²) in [6.45, 7) is 6.06. The van der Waals surface area contributed by atoms with Gasteiger partial charge >= 0.3 is 58.2 Å². The summed E-state index contributed by atoms with van der Waals surface area (Å²) >= 11 is 0. The van der Waals surface area contributed by atoms with E-state index in [2.05, 4.69) is 43.3 Å². The van der Waals surface area contributed by atoms with Gasteiger partial charge in [-0.05, 0) is 0 Å². The molecule has 78 valence electrons. The second-order valence-electron chi connectivity index (χ2n) is 3.11. The van der Waals surface area contributed by atoms with Gasteiger partial charge in [-0.3, -0.25) is 0 Å². The first-order chi connectivity index (χ1) is 7.36. The van der Waals surface area contributed by atoms with E-state index in [1.807, 2.05) is 32.0 Å². The molecule has 0 heterocycles. The van der Waals surface area contributed by atoms with Crippen molar-refractivity contribution in [1.82, 2.24) is 0 Å². The van der Waals surface area contributed by atoms with Gasteiger partial charge in [-0.15, -0.1) is 35.4 Å². The molecule has 2 aromatic rings. The van der Waals surface area contributed by atoms with Crippen molar-refractivity contribution in [3.8, 4) is 11.1 Å². The van der Waals surface area contributed by atoms with Crippen LogP contribution in [0.5, 0.6) is 0 Å². The Kier molecular flexibility index (Phi) is 9.44. The van der Waals surface area contributed by atoms with Crippen molar-refractivity contribution >= 4 is 0 Å². The average molecular weight is 283 g/mol. The second kappa shape index (κ2) is 9.29. The molecule has 0 atom stereocenters. The Bertz CT molecular complexity index is 393. The summed E-state index contributed by atoms with van der Waals surface area (Å²) in [5, 5.41) is 0. The van der Waals surface area contributed by atoms with Gasteiger partial charge in [0, 0.05) is 0 Å². The van der Waals surface area contributed by atoms with Crippen LogP contribution in [-0.2, 0) is 0 Å². The molecule has 0 N–H and O–H groups in total. The number of aryl methyl sites for hydroxylation is 1. The van der Waals surface area contributed by atoms with Gasteiger partial charge in [0.1, 0.15) is 0 Å². The van der Waals surface area contributed by atoms with Crippen LogP contribution in [0.3, 0.4) is 0 Å². The molecule has 2 rings (SSSR count). The van der Waals surface area contributed by atoms with Crippen LogP contribution in [0.1, 0.15) is 19.4 Å². The van der Waals surface area contributed by atoms with E-state index in [0.717, 1.165) is 0 Å². The summed E-state index contributed by atoms with van der Waals surface area (Å²) < 4.78 is 0. The summed E-state index contributed by atoms with van der Waals surface area (Å²) in [6, 6.07) is 19.9. The van der Waals surface area contributed by atoms with Crippen LogP contribution >= 0.6 is 0 Å². The van der Waals surface area contributed by atoms with Crippen molar-refractivity contribution in [2.75, 3.05) is 0 Å². The molecule has 0 bridgehead atoms. The van der Waals surface area contributed by atoms with E-state index in [9.17, 15) is 0 Å². The Morgan fingerprint density at radius 2 is 1.44 bits per heavy atom. The summed E-state index contributed by atoms with van der Waals surface area (Å²) in [4.78, 5) is 0. The van der Waals surface area contributed by atoms with Crippen LogP contribution in [-0.4, -0.2) is 0 Å². The predicted octanol–water partition coefficient (Wildman–Crippen LogP) is 1.49. The maximum absolute atomic E-state index is 3.32. The van der Waals surface area contributed by atoms with Crippen molar-refractivity contribution in [3.05, 3.63) is 60.2 Å². The zero-order chi connectivity index (χ0) is 11.1. The molecular formula is C15H17Rb. The molecule has 1 heteroatoms. The molecular weight excluding hydrogens is 266 g/mol. The summed E-state index contributed by atoms with van der Waals surface area (Å²) in [6.07, 6.45) is 0. The van der Waals surface area contributed by atoms with Crippen LogP contribution in [0.2, 0.25) is 0 Å². The van der Waals surface area contributed by atoms with Gasteiger partial charge in [0.25, 0.3) is 0 Å². The molecule has 0 saturated carbocycles. The van der Waals surface area contributed by atoms with Crippen LogP contribution in [0.4, 0.5) is 0 Å². The zero-order valence-corrected chi connectivity index (χ0v) is 15.5. The fourth-order valence-corrected chi connectivity index (χ4v) is 1.37. The third kappa shape index (κ3) is 5.05. The molecule has 0 spiro atoms. The molecule has 0 nitrogen and oxygen atoms in total. The molecule has 0 amide bonds. The van der Waals surface area contributed by atoms with E-state index in [1.54, 1.807) is 0 Å².